The van der Waals surface area contributed by atoms with Gasteiger partial charge in [0.2, 0.25) is 0 Å². The van der Waals surface area contributed by atoms with Gasteiger partial charge in [-0.25, -0.2) is 12.8 Å². The quantitative estimate of drug-likeness (QED) is 0.493. The number of sulfonamides is 1. The molecule has 0 saturated carbocycles. The average molecular weight is 488 g/mol. The molecule has 1 amide bonds. The van der Waals surface area contributed by atoms with Crippen molar-refractivity contribution in [3.8, 4) is 11.5 Å². The van der Waals surface area contributed by atoms with Gasteiger partial charge in [0.1, 0.15) is 27.9 Å². The van der Waals surface area contributed by atoms with Crippen molar-refractivity contribution in [2.75, 3.05) is 17.1 Å². The number of nitrogens with one attached hydrogen (secondary N) is 2. The van der Waals surface area contributed by atoms with Crippen LogP contribution in [0.25, 0.3) is 0 Å². The third kappa shape index (κ3) is 5.71. The highest BCUT2D eigenvalue weighted by Gasteiger charge is 2.31. The van der Waals surface area contributed by atoms with Crippen molar-refractivity contribution in [3.63, 3.8) is 0 Å². The summed E-state index contributed by atoms with van der Waals surface area (Å²) in [6, 6.07) is 6.88. The van der Waals surface area contributed by atoms with Gasteiger partial charge in [0.15, 0.2) is 0 Å². The van der Waals surface area contributed by atoms with Crippen LogP contribution >= 0.6 is 0 Å². The number of rotatable bonds is 7. The van der Waals surface area contributed by atoms with Crippen LogP contribution in [0.4, 0.5) is 28.9 Å². The van der Waals surface area contributed by atoms with Crippen LogP contribution in [-0.4, -0.2) is 37.6 Å². The predicted octanol–water partition coefficient (Wildman–Crippen LogP) is 3.52. The summed E-state index contributed by atoms with van der Waals surface area (Å²) in [5.74, 6) is -2.68. The Morgan fingerprint density at radius 2 is 1.85 bits per heavy atom. The number of halogens is 4. The summed E-state index contributed by atoms with van der Waals surface area (Å²) >= 11 is 0. The Hall–Kier alpha value is -3.81. The molecule has 0 saturated heterocycles. The molecule has 0 aliphatic heterocycles. The number of carbonyl (C=O) groups is 1. The fourth-order valence-electron chi connectivity index (χ4n) is 2.74. The normalized spacial score (nSPS) is 11.7. The number of aryl methyl sites for hydroxylation is 1. The Morgan fingerprint density at radius 3 is 2.45 bits per heavy atom. The van der Waals surface area contributed by atoms with Crippen LogP contribution in [0.3, 0.4) is 0 Å². The third-order valence-corrected chi connectivity index (χ3v) is 5.59. The molecule has 0 radical (unpaired) electrons. The van der Waals surface area contributed by atoms with Crippen LogP contribution in [0.15, 0.2) is 53.6 Å². The lowest BCUT2D eigenvalue weighted by Gasteiger charge is -2.15. The van der Waals surface area contributed by atoms with Crippen molar-refractivity contribution in [3.05, 3.63) is 60.2 Å². The maximum Gasteiger partial charge on any atom is 0.573 e. The van der Waals surface area contributed by atoms with E-state index >= 15 is 0 Å². The van der Waals surface area contributed by atoms with Crippen LogP contribution in [0.5, 0.6) is 11.5 Å². The van der Waals surface area contributed by atoms with Crippen LogP contribution in [0.2, 0.25) is 0 Å². The van der Waals surface area contributed by atoms with Crippen LogP contribution < -0.4 is 19.5 Å². The van der Waals surface area contributed by atoms with E-state index < -0.39 is 44.4 Å². The van der Waals surface area contributed by atoms with E-state index in [9.17, 15) is 30.8 Å². The van der Waals surface area contributed by atoms with Gasteiger partial charge in [0.25, 0.3) is 15.9 Å². The number of nitrogens with zero attached hydrogens (tertiary/aromatic N) is 2. The molecule has 2 aromatic carbocycles. The van der Waals surface area contributed by atoms with Crippen molar-refractivity contribution < 1.29 is 40.2 Å². The molecular weight excluding hydrogens is 472 g/mol. The highest BCUT2D eigenvalue weighted by molar-refractivity contribution is 7.92. The minimum atomic E-state index is -5.05. The minimum Gasteiger partial charge on any atom is -0.495 e. The average Bonchev–Trinajstić information content (AvgIpc) is 3.15. The number of ether oxygens (including phenoxy) is 2. The summed E-state index contributed by atoms with van der Waals surface area (Å²) in [6.45, 7) is 0. The van der Waals surface area contributed by atoms with Gasteiger partial charge in [-0.3, -0.25) is 14.2 Å². The van der Waals surface area contributed by atoms with E-state index in [0.717, 1.165) is 6.07 Å². The Kier molecular flexibility index (Phi) is 6.48. The smallest absolute Gasteiger partial charge is 0.495 e. The summed E-state index contributed by atoms with van der Waals surface area (Å²) < 4.78 is 88.8. The molecule has 0 aliphatic carbocycles. The lowest BCUT2D eigenvalue weighted by molar-refractivity contribution is -0.274. The minimum absolute atomic E-state index is 0.184. The van der Waals surface area contributed by atoms with Crippen molar-refractivity contribution >= 4 is 27.3 Å². The van der Waals surface area contributed by atoms with Crippen molar-refractivity contribution in [2.45, 2.75) is 11.3 Å². The maximum absolute atomic E-state index is 14.1. The highest BCUT2D eigenvalue weighted by atomic mass is 32.2. The number of anilines is 2. The zero-order valence-corrected chi connectivity index (χ0v) is 17.8. The van der Waals surface area contributed by atoms with E-state index in [1.165, 1.54) is 36.2 Å². The molecule has 0 atom stereocenters. The number of carbonyl (C=O) groups excluding carboxylic acids is 1. The predicted molar refractivity (Wildman–Crippen MR) is 108 cm³/mol. The van der Waals surface area contributed by atoms with E-state index in [0.29, 0.717) is 18.2 Å². The van der Waals surface area contributed by atoms with Gasteiger partial charge in [0.05, 0.1) is 12.8 Å². The molecule has 0 spiro atoms. The van der Waals surface area contributed by atoms with E-state index in [4.69, 9.17) is 4.74 Å². The summed E-state index contributed by atoms with van der Waals surface area (Å²) in [4.78, 5) is 11.9. The molecule has 33 heavy (non-hydrogen) atoms. The van der Waals surface area contributed by atoms with Gasteiger partial charge >= 0.3 is 6.36 Å². The summed E-state index contributed by atoms with van der Waals surface area (Å²) in [7, 11) is -1.79. The number of hydrogen-bond donors (Lipinski definition) is 2. The molecular formula is C19H16F4N4O5S. The van der Waals surface area contributed by atoms with Crippen LogP contribution in [-0.2, 0) is 17.1 Å². The fourth-order valence-corrected chi connectivity index (χ4v) is 3.95. The van der Waals surface area contributed by atoms with E-state index in [1.54, 1.807) is 7.05 Å². The summed E-state index contributed by atoms with van der Waals surface area (Å²) in [5.41, 5.74) is -0.347. The molecule has 0 unspecified atom stereocenters. The fraction of sp³-hybridized carbons (Fsp3) is 0.158. The van der Waals surface area contributed by atoms with E-state index in [2.05, 4.69) is 15.2 Å². The van der Waals surface area contributed by atoms with Crippen molar-refractivity contribution in [2.24, 2.45) is 7.05 Å². The second-order valence-corrected chi connectivity index (χ2v) is 8.11. The van der Waals surface area contributed by atoms with Gasteiger partial charge < -0.3 is 14.8 Å². The van der Waals surface area contributed by atoms with Gasteiger partial charge in [-0.05, 0) is 30.3 Å². The highest BCUT2D eigenvalue weighted by Crippen LogP contribution is 2.32. The molecule has 0 fully saturated rings. The lowest BCUT2D eigenvalue weighted by Crippen LogP contribution is -2.18. The molecule has 1 heterocycles. The summed E-state index contributed by atoms with van der Waals surface area (Å²) in [5, 5.41) is 6.42. The molecule has 2 N–H and O–H groups in total. The first-order valence-corrected chi connectivity index (χ1v) is 10.4. The van der Waals surface area contributed by atoms with Gasteiger partial charge in [0, 0.05) is 31.1 Å². The molecule has 14 heteroatoms. The number of benzene rings is 2. The molecule has 0 aliphatic rings. The largest absolute Gasteiger partial charge is 0.573 e. The second-order valence-electron chi connectivity index (χ2n) is 6.45. The number of hydrogen-bond acceptors (Lipinski definition) is 6. The zero-order chi connectivity index (χ0) is 24.4. The number of amides is 1. The molecule has 176 valence electrons. The summed E-state index contributed by atoms with van der Waals surface area (Å²) in [6.07, 6.45) is -3.63. The molecule has 0 bridgehead atoms. The number of methoxy groups -OCH3 is 1. The number of aromatic nitrogens is 2. The first-order chi connectivity index (χ1) is 15.4. The van der Waals surface area contributed by atoms with Crippen LogP contribution in [0.1, 0.15) is 10.5 Å². The second kappa shape index (κ2) is 8.97. The number of alkyl halides is 3. The lowest BCUT2D eigenvalue weighted by atomic mass is 10.3. The molecule has 9 nitrogen and oxygen atoms in total. The van der Waals surface area contributed by atoms with Crippen molar-refractivity contribution in [1.29, 1.82) is 0 Å². The van der Waals surface area contributed by atoms with Gasteiger partial charge in [-0.2, -0.15) is 5.10 Å². The SMILES string of the molecule is COc1cc(NC(=O)c2ccnn2C)ccc1S(=O)(=O)Nc1cc(OC(F)(F)F)ccc1F. The topological polar surface area (TPSA) is 112 Å². The first-order valence-electron chi connectivity index (χ1n) is 8.95. The molecule has 1 aromatic heterocycles. The Bertz CT molecular complexity index is 1290. The van der Waals surface area contributed by atoms with E-state index in [1.807, 2.05) is 4.72 Å². The Labute approximate surface area is 185 Å². The molecule has 3 aromatic rings. The van der Waals surface area contributed by atoms with Crippen LogP contribution in [0, 0.1) is 5.82 Å². The standard InChI is InChI=1S/C19H16F4N4O5S/c1-27-15(7-8-24-27)18(28)25-11-3-6-17(16(9-11)31-2)33(29,30)26-14-10-12(4-5-13(14)20)32-19(21,22)23/h3-10,26H,1-2H3,(H,25,28). The van der Waals surface area contributed by atoms with Crippen molar-refractivity contribution in [1.82, 2.24) is 9.78 Å². The maximum atomic E-state index is 14.1. The van der Waals surface area contributed by atoms with E-state index in [-0.39, 0.29) is 17.1 Å². The third-order valence-electron chi connectivity index (χ3n) is 4.18. The zero-order valence-electron chi connectivity index (χ0n) is 17.0. The first kappa shape index (κ1) is 23.8. The van der Waals surface area contributed by atoms with Gasteiger partial charge in [-0.15, -0.1) is 13.2 Å². The Balaban J connectivity index is 1.87. The Morgan fingerprint density at radius 1 is 1.12 bits per heavy atom. The van der Waals surface area contributed by atoms with Gasteiger partial charge in [-0.1, -0.05) is 0 Å². The molecule has 3 rings (SSSR count). The monoisotopic (exact) mass is 488 g/mol.